The van der Waals surface area contributed by atoms with Crippen molar-refractivity contribution in [1.82, 2.24) is 39.0 Å². The first kappa shape index (κ1) is 30.3. The standard InChI is InChI=1S/C20H26BN10O12P2/c21-44(35)38-2-7-12(11(33)18(41-7)30-4-26-8-14(22)24-3-25-15(8)30)43-45(36,37)39-1-6-10(32)13(42-44)19(40-6)31-5-27-9-16(31)28-20(23)29-17(9)34/h3-7,10-13,18-19,32-33H,1-2H2,21H3,(H,36,37)(H2,22,24,25)(H3,23,28,29,34)/q-1/t6-,7-,10+,11?,12+,13?,18-,19-,44?/m1/s1. The molecule has 3 aliphatic rings. The fourth-order valence-electron chi connectivity index (χ4n) is 5.21. The molecule has 0 aromatic carbocycles. The van der Waals surface area contributed by atoms with Gasteiger partial charge in [-0.15, -0.1) is 0 Å². The molecule has 7 rings (SSSR count). The second kappa shape index (κ2) is 10.9. The molecule has 0 saturated carbocycles. The highest BCUT2D eigenvalue weighted by Gasteiger charge is 2.52. The van der Waals surface area contributed by atoms with E-state index in [0.29, 0.717) is 0 Å². The molecule has 4 unspecified atom stereocenters. The van der Waals surface area contributed by atoms with Crippen molar-refractivity contribution in [3.05, 3.63) is 29.3 Å². The summed E-state index contributed by atoms with van der Waals surface area (Å²) in [7, 11) is -10.1. The lowest BCUT2D eigenvalue weighted by Crippen LogP contribution is -2.36. The summed E-state index contributed by atoms with van der Waals surface area (Å²) in [6.45, 7) is -1.24. The van der Waals surface area contributed by atoms with E-state index in [-0.39, 0.29) is 34.1 Å². The van der Waals surface area contributed by atoms with Crippen LogP contribution in [-0.4, -0.2) is 112 Å². The summed E-state index contributed by atoms with van der Waals surface area (Å²) in [5, 5.41) is 22.3. The molecular weight excluding hydrogens is 645 g/mol. The van der Waals surface area contributed by atoms with Gasteiger partial charge in [0.25, 0.3) is 5.56 Å². The lowest BCUT2D eigenvalue weighted by atomic mass is 10.1. The summed E-state index contributed by atoms with van der Waals surface area (Å²) in [6, 6.07) is 0. The second-order valence-corrected chi connectivity index (χ2v) is 12.2. The molecule has 0 spiro atoms. The molecule has 10 atom stereocenters. The number of anilines is 2. The summed E-state index contributed by atoms with van der Waals surface area (Å²) in [4.78, 5) is 45.5. The van der Waals surface area contributed by atoms with Crippen LogP contribution in [-0.2, 0) is 36.7 Å². The number of aromatic amines is 1. The number of ether oxygens (including phenoxy) is 2. The summed E-state index contributed by atoms with van der Waals surface area (Å²) in [5.41, 5.74) is 11.2. The van der Waals surface area contributed by atoms with Crippen molar-refractivity contribution < 1.29 is 51.8 Å². The first-order valence-corrected chi connectivity index (χ1v) is 15.3. The molecule has 2 bridgehead atoms. The predicted molar refractivity (Wildman–Crippen MR) is 151 cm³/mol. The van der Waals surface area contributed by atoms with Gasteiger partial charge in [0.2, 0.25) is 5.95 Å². The molecule has 8 N–H and O–H groups in total. The van der Waals surface area contributed by atoms with E-state index < -0.39 is 90.7 Å². The lowest BCUT2D eigenvalue weighted by Gasteiger charge is -2.30. The molecule has 3 aliphatic heterocycles. The number of aromatic nitrogens is 8. The first-order valence-electron chi connectivity index (χ1n) is 12.8. The molecule has 0 aliphatic carbocycles. The van der Waals surface area contributed by atoms with E-state index in [9.17, 15) is 29.0 Å². The molecule has 4 aromatic rings. The highest BCUT2D eigenvalue weighted by Crippen LogP contribution is 2.53. The van der Waals surface area contributed by atoms with Crippen molar-refractivity contribution in [3.63, 3.8) is 0 Å². The van der Waals surface area contributed by atoms with Gasteiger partial charge in [0.05, 0.1) is 33.4 Å². The van der Waals surface area contributed by atoms with Crippen molar-refractivity contribution in [2.45, 2.75) is 49.1 Å². The zero-order chi connectivity index (χ0) is 31.8. The number of fused-ring (bicyclic) bond motifs is 5. The molecule has 0 amide bonds. The molecule has 45 heavy (non-hydrogen) atoms. The average Bonchev–Trinajstić information content (AvgIpc) is 3.72. The minimum absolute atomic E-state index is 0.0268. The molecule has 4 aromatic heterocycles. The van der Waals surface area contributed by atoms with Crippen molar-refractivity contribution in [2.24, 2.45) is 0 Å². The fraction of sp³-hybridized carbons (Fsp3) is 0.500. The lowest BCUT2D eigenvalue weighted by molar-refractivity contribution is -0.0621. The second-order valence-electron chi connectivity index (χ2n) is 9.89. The largest absolute Gasteiger partial charge is 0.472 e. The van der Waals surface area contributed by atoms with Crippen molar-refractivity contribution in [2.75, 3.05) is 24.7 Å². The Morgan fingerprint density at radius 2 is 1.58 bits per heavy atom. The van der Waals surface area contributed by atoms with E-state index in [4.69, 9.17) is 39.0 Å². The number of aliphatic hydroxyl groups excluding tert-OH is 2. The van der Waals surface area contributed by atoms with E-state index in [1.165, 1.54) is 28.1 Å². The number of phosphoric acid groups is 1. The fourth-order valence-corrected chi connectivity index (χ4v) is 6.93. The number of phosphoric ester groups is 1. The SMILES string of the molecule is [BH3-]P1(=O)OC[C@H]2O[C@@H](n3cnc4c(N)ncnc43)C(O)[C@H]2OP(=O)(O)OC[C@H]2O[C@@H](n3cnc4c(=O)[nH]c(N)nc43)C(O1)[C@H]2O. The molecule has 0 radical (unpaired) electrons. The van der Waals surface area contributed by atoms with Crippen LogP contribution in [0.5, 0.6) is 0 Å². The van der Waals surface area contributed by atoms with Crippen LogP contribution >= 0.6 is 15.3 Å². The smallest absolute Gasteiger partial charge is 0.387 e. The number of hydrogen-bond acceptors (Lipinski definition) is 18. The Bertz CT molecular complexity index is 1940. The number of aliphatic hydroxyl groups is 2. The van der Waals surface area contributed by atoms with Crippen LogP contribution in [0.4, 0.5) is 11.8 Å². The van der Waals surface area contributed by atoms with E-state index in [2.05, 4.69) is 29.9 Å². The Morgan fingerprint density at radius 1 is 0.889 bits per heavy atom. The summed E-state index contributed by atoms with van der Waals surface area (Å²) in [6.07, 6.45) is -7.61. The number of nitrogens with zero attached hydrogens (tertiary/aromatic N) is 7. The van der Waals surface area contributed by atoms with Gasteiger partial charge in [0.1, 0.15) is 55.9 Å². The van der Waals surface area contributed by atoms with Gasteiger partial charge in [-0.1, -0.05) is 0 Å². The number of nitrogens with one attached hydrogen (secondary N) is 1. The van der Waals surface area contributed by atoms with Crippen LogP contribution in [0.2, 0.25) is 0 Å². The van der Waals surface area contributed by atoms with Gasteiger partial charge in [-0.3, -0.25) is 28.0 Å². The predicted octanol–water partition coefficient (Wildman–Crippen LogP) is -2.97. The zero-order valence-corrected chi connectivity index (χ0v) is 23.7. The third-order valence-corrected chi connectivity index (χ3v) is 8.98. The van der Waals surface area contributed by atoms with Crippen LogP contribution in [0.3, 0.4) is 0 Å². The Hall–Kier alpha value is -3.34. The Morgan fingerprint density at radius 3 is 2.36 bits per heavy atom. The Kier molecular flexibility index (Phi) is 7.34. The minimum atomic E-state index is -4.99. The van der Waals surface area contributed by atoms with Gasteiger partial charge in [-0.25, -0.2) is 24.5 Å². The van der Waals surface area contributed by atoms with Crippen LogP contribution in [0, 0.1) is 0 Å². The van der Waals surface area contributed by atoms with Gasteiger partial charge in [-0.05, 0) is 0 Å². The van der Waals surface area contributed by atoms with Crippen LogP contribution < -0.4 is 17.0 Å². The van der Waals surface area contributed by atoms with Gasteiger partial charge < -0.3 is 49.7 Å². The highest BCUT2D eigenvalue weighted by atomic mass is 31.2. The average molecular weight is 671 g/mol. The van der Waals surface area contributed by atoms with Crippen LogP contribution in [0.25, 0.3) is 22.3 Å². The van der Waals surface area contributed by atoms with Gasteiger partial charge in [0, 0.05) is 0 Å². The third kappa shape index (κ3) is 5.34. The third-order valence-electron chi connectivity index (χ3n) is 7.22. The van der Waals surface area contributed by atoms with Crippen molar-refractivity contribution in [3.8, 4) is 0 Å². The van der Waals surface area contributed by atoms with E-state index in [1.54, 1.807) is 0 Å². The number of H-pyrrole nitrogens is 1. The van der Waals surface area contributed by atoms with Crippen LogP contribution in [0.1, 0.15) is 12.5 Å². The number of hydrogen-bond donors (Lipinski definition) is 6. The van der Waals surface area contributed by atoms with Crippen LogP contribution in [0.15, 0.2) is 23.8 Å². The van der Waals surface area contributed by atoms with E-state index in [1.807, 2.05) is 0 Å². The molecule has 3 fully saturated rings. The number of nitrogens with two attached hydrogens (primary N) is 2. The summed E-state index contributed by atoms with van der Waals surface area (Å²) in [5.74, 6) is -0.147. The Labute approximate surface area is 251 Å². The van der Waals surface area contributed by atoms with Gasteiger partial charge >= 0.3 is 7.82 Å². The van der Waals surface area contributed by atoms with Crippen molar-refractivity contribution in [1.29, 1.82) is 0 Å². The Balaban J connectivity index is 1.21. The zero-order valence-electron chi connectivity index (χ0n) is 22.0. The first-order chi connectivity index (χ1) is 21.3. The molecular formula is C20H26BN10O12P2-. The summed E-state index contributed by atoms with van der Waals surface area (Å²) >= 11 is 0. The maximum absolute atomic E-state index is 13.7. The number of nitrogen functional groups attached to an aromatic ring is 2. The summed E-state index contributed by atoms with van der Waals surface area (Å²) < 4.78 is 63.4. The monoisotopic (exact) mass is 671 g/mol. The molecule has 242 valence electrons. The van der Waals surface area contributed by atoms with Gasteiger partial charge in [0.15, 0.2) is 35.1 Å². The highest BCUT2D eigenvalue weighted by molar-refractivity contribution is 7.79. The van der Waals surface area contributed by atoms with Gasteiger partial charge in [-0.2, -0.15) is 4.98 Å². The van der Waals surface area contributed by atoms with E-state index in [0.717, 1.165) is 0 Å². The number of imidazole rings is 2. The minimum Gasteiger partial charge on any atom is -0.387 e. The van der Waals surface area contributed by atoms with Crippen molar-refractivity contribution >= 4 is 57.0 Å². The molecule has 25 heteroatoms. The molecule has 22 nitrogen and oxygen atoms in total. The molecule has 7 heterocycles. The van der Waals surface area contributed by atoms with E-state index >= 15 is 0 Å². The maximum Gasteiger partial charge on any atom is 0.472 e. The number of rotatable bonds is 2. The molecule has 3 saturated heterocycles. The normalized spacial score (nSPS) is 37.7. The quantitative estimate of drug-likeness (QED) is 0.0915. The maximum atomic E-state index is 13.7. The topological polar surface area (TPSA) is 309 Å².